The molecule has 1 heterocycles. The highest BCUT2D eigenvalue weighted by Gasteiger charge is 2.28. The number of alkyl halides is 3. The molecule has 0 aliphatic carbocycles. The van der Waals surface area contributed by atoms with E-state index in [-0.39, 0.29) is 12.3 Å². The van der Waals surface area contributed by atoms with Gasteiger partial charge in [0, 0.05) is 44.0 Å². The number of rotatable bonds is 8. The van der Waals surface area contributed by atoms with Gasteiger partial charge in [0.2, 0.25) is 0 Å². The number of nitrogens with one attached hydrogen (secondary N) is 2. The van der Waals surface area contributed by atoms with Crippen LogP contribution in [-0.4, -0.2) is 35.6 Å². The van der Waals surface area contributed by atoms with Gasteiger partial charge in [-0.25, -0.2) is 0 Å². The molecule has 0 atom stereocenters. The summed E-state index contributed by atoms with van der Waals surface area (Å²) in [7, 11) is 3.59. The van der Waals surface area contributed by atoms with Crippen LogP contribution in [0.25, 0.3) is 0 Å². The van der Waals surface area contributed by atoms with Crippen molar-refractivity contribution in [1.29, 1.82) is 0 Å². The maximum absolute atomic E-state index is 12.6. The van der Waals surface area contributed by atoms with E-state index >= 15 is 0 Å². The SMILES string of the molecule is CCc1nn(C)c(CC)c1CNC(=NC)NCc1ccc(C)cc1OCC(F)(F)F. The summed E-state index contributed by atoms with van der Waals surface area (Å²) in [6, 6.07) is 5.20. The smallest absolute Gasteiger partial charge is 0.422 e. The molecule has 0 aliphatic heterocycles. The van der Waals surface area contributed by atoms with Gasteiger partial charge in [0.05, 0.1) is 5.69 Å². The topological polar surface area (TPSA) is 63.5 Å². The zero-order valence-corrected chi connectivity index (χ0v) is 18.2. The number of halogens is 3. The van der Waals surface area contributed by atoms with E-state index in [0.717, 1.165) is 35.4 Å². The van der Waals surface area contributed by atoms with Crippen LogP contribution in [-0.2, 0) is 33.0 Å². The first-order valence-electron chi connectivity index (χ1n) is 9.95. The van der Waals surface area contributed by atoms with Gasteiger partial charge in [-0.15, -0.1) is 0 Å². The Bertz CT molecular complexity index is 874. The molecule has 166 valence electrons. The quantitative estimate of drug-likeness (QED) is 0.501. The van der Waals surface area contributed by atoms with Crippen LogP contribution in [0.5, 0.6) is 5.75 Å². The number of guanidine groups is 1. The molecule has 0 saturated carbocycles. The minimum atomic E-state index is -4.39. The summed E-state index contributed by atoms with van der Waals surface area (Å²) in [5, 5.41) is 11.0. The third kappa shape index (κ3) is 6.40. The molecule has 0 unspecified atom stereocenters. The number of aliphatic imine (C=N–C) groups is 1. The molecule has 9 heteroatoms. The van der Waals surface area contributed by atoms with E-state index in [1.807, 2.05) is 24.7 Å². The molecule has 0 saturated heterocycles. The van der Waals surface area contributed by atoms with Crippen molar-refractivity contribution in [3.63, 3.8) is 0 Å². The van der Waals surface area contributed by atoms with E-state index in [1.54, 1.807) is 19.2 Å². The van der Waals surface area contributed by atoms with Gasteiger partial charge in [0.1, 0.15) is 5.75 Å². The van der Waals surface area contributed by atoms with Gasteiger partial charge in [-0.2, -0.15) is 18.3 Å². The number of hydrogen-bond donors (Lipinski definition) is 2. The molecule has 2 rings (SSSR count). The second-order valence-electron chi connectivity index (χ2n) is 7.00. The van der Waals surface area contributed by atoms with Crippen LogP contribution in [0.2, 0.25) is 0 Å². The predicted molar refractivity (Wildman–Crippen MR) is 112 cm³/mol. The largest absolute Gasteiger partial charge is 0.484 e. The zero-order valence-electron chi connectivity index (χ0n) is 18.2. The van der Waals surface area contributed by atoms with Crippen LogP contribution in [0.1, 0.15) is 41.9 Å². The number of nitrogens with zero attached hydrogens (tertiary/aromatic N) is 3. The first-order chi connectivity index (χ1) is 14.2. The Morgan fingerprint density at radius 2 is 1.87 bits per heavy atom. The number of benzene rings is 1. The Morgan fingerprint density at radius 3 is 2.47 bits per heavy atom. The Kier molecular flexibility index (Phi) is 8.14. The van der Waals surface area contributed by atoms with Gasteiger partial charge < -0.3 is 15.4 Å². The standard InChI is InChI=1S/C21H30F3N5O/c1-6-17-16(18(7-2)29(5)28-17)12-27-20(25-4)26-11-15-9-8-14(3)10-19(15)30-13-21(22,23)24/h8-10H,6-7,11-13H2,1-5H3,(H2,25,26,27). The summed E-state index contributed by atoms with van der Waals surface area (Å²) in [6.07, 6.45) is -2.68. The maximum Gasteiger partial charge on any atom is 0.422 e. The lowest BCUT2D eigenvalue weighted by Gasteiger charge is -2.16. The van der Waals surface area contributed by atoms with Crippen LogP contribution in [0.3, 0.4) is 0 Å². The highest BCUT2D eigenvalue weighted by molar-refractivity contribution is 5.79. The van der Waals surface area contributed by atoms with E-state index in [2.05, 4.69) is 34.6 Å². The fourth-order valence-corrected chi connectivity index (χ4v) is 3.27. The first kappa shape index (κ1) is 23.6. The lowest BCUT2D eigenvalue weighted by molar-refractivity contribution is -0.153. The highest BCUT2D eigenvalue weighted by atomic mass is 19.4. The monoisotopic (exact) mass is 425 g/mol. The lowest BCUT2D eigenvalue weighted by atomic mass is 10.1. The van der Waals surface area contributed by atoms with Crippen molar-refractivity contribution in [3.05, 3.63) is 46.3 Å². The number of ether oxygens (including phenoxy) is 1. The second kappa shape index (κ2) is 10.4. The molecule has 6 nitrogen and oxygen atoms in total. The fraction of sp³-hybridized carbons (Fsp3) is 0.524. The van der Waals surface area contributed by atoms with Crippen molar-refractivity contribution in [3.8, 4) is 5.75 Å². The van der Waals surface area contributed by atoms with Crippen LogP contribution in [0, 0.1) is 6.92 Å². The highest BCUT2D eigenvalue weighted by Crippen LogP contribution is 2.23. The molecule has 2 aromatic rings. The molecular formula is C21H30F3N5O. The zero-order chi connectivity index (χ0) is 22.3. The van der Waals surface area contributed by atoms with E-state index in [0.29, 0.717) is 18.1 Å². The molecule has 0 spiro atoms. The van der Waals surface area contributed by atoms with Gasteiger partial charge in [-0.3, -0.25) is 9.67 Å². The van der Waals surface area contributed by atoms with Crippen LogP contribution >= 0.6 is 0 Å². The Labute approximate surface area is 175 Å². The van der Waals surface area contributed by atoms with Gasteiger partial charge >= 0.3 is 6.18 Å². The molecule has 0 amide bonds. The van der Waals surface area contributed by atoms with Crippen LogP contribution in [0.15, 0.2) is 23.2 Å². The summed E-state index contributed by atoms with van der Waals surface area (Å²) >= 11 is 0. The third-order valence-electron chi connectivity index (χ3n) is 4.74. The maximum atomic E-state index is 12.6. The Morgan fingerprint density at radius 1 is 1.17 bits per heavy atom. The predicted octanol–water partition coefficient (Wildman–Crippen LogP) is 3.66. The number of aryl methyl sites for hydroxylation is 3. The molecule has 1 aromatic carbocycles. The number of aromatic nitrogens is 2. The second-order valence-corrected chi connectivity index (χ2v) is 7.00. The summed E-state index contributed by atoms with van der Waals surface area (Å²) < 4.78 is 44.6. The molecule has 2 N–H and O–H groups in total. The number of hydrogen-bond acceptors (Lipinski definition) is 3. The van der Waals surface area contributed by atoms with Crippen LogP contribution < -0.4 is 15.4 Å². The van der Waals surface area contributed by atoms with E-state index < -0.39 is 12.8 Å². The van der Waals surface area contributed by atoms with Crippen LogP contribution in [0.4, 0.5) is 13.2 Å². The molecule has 30 heavy (non-hydrogen) atoms. The van der Waals surface area contributed by atoms with Gasteiger partial charge in [0.25, 0.3) is 0 Å². The minimum absolute atomic E-state index is 0.212. The van der Waals surface area contributed by atoms with Crippen molar-refractivity contribution in [1.82, 2.24) is 20.4 Å². The minimum Gasteiger partial charge on any atom is -0.484 e. The Balaban J connectivity index is 2.05. The third-order valence-corrected chi connectivity index (χ3v) is 4.74. The molecule has 0 bridgehead atoms. The first-order valence-corrected chi connectivity index (χ1v) is 9.95. The average molecular weight is 425 g/mol. The molecule has 0 fully saturated rings. The van der Waals surface area contributed by atoms with E-state index in [9.17, 15) is 13.2 Å². The van der Waals surface area contributed by atoms with Crippen molar-refractivity contribution in [2.45, 2.75) is 52.9 Å². The lowest BCUT2D eigenvalue weighted by Crippen LogP contribution is -2.36. The van der Waals surface area contributed by atoms with Crippen molar-refractivity contribution < 1.29 is 17.9 Å². The summed E-state index contributed by atoms with van der Waals surface area (Å²) in [5.74, 6) is 0.759. The van der Waals surface area contributed by atoms with Gasteiger partial charge in [-0.05, 0) is 31.4 Å². The molecule has 0 radical (unpaired) electrons. The normalized spacial score (nSPS) is 12.2. The van der Waals surface area contributed by atoms with Crippen molar-refractivity contribution in [2.75, 3.05) is 13.7 Å². The van der Waals surface area contributed by atoms with E-state index in [1.165, 1.54) is 0 Å². The molecule has 0 aliphatic rings. The average Bonchev–Trinajstić information content (AvgIpc) is 3.01. The van der Waals surface area contributed by atoms with Gasteiger partial charge in [0.15, 0.2) is 12.6 Å². The van der Waals surface area contributed by atoms with Crippen molar-refractivity contribution >= 4 is 5.96 Å². The van der Waals surface area contributed by atoms with E-state index in [4.69, 9.17) is 4.74 Å². The molecule has 1 aromatic heterocycles. The van der Waals surface area contributed by atoms with Crippen molar-refractivity contribution in [2.24, 2.45) is 12.0 Å². The summed E-state index contributed by atoms with van der Waals surface area (Å²) in [5.41, 5.74) is 4.80. The fourth-order valence-electron chi connectivity index (χ4n) is 3.27. The summed E-state index contributed by atoms with van der Waals surface area (Å²) in [6.45, 7) is 5.48. The summed E-state index contributed by atoms with van der Waals surface area (Å²) in [4.78, 5) is 4.21. The molecular weight excluding hydrogens is 395 g/mol. The Hall–Kier alpha value is -2.71. The van der Waals surface area contributed by atoms with Gasteiger partial charge in [-0.1, -0.05) is 26.0 Å².